The molecule has 18 heavy (non-hydrogen) atoms. The van der Waals surface area contributed by atoms with E-state index in [0.29, 0.717) is 18.2 Å². The highest BCUT2D eigenvalue weighted by molar-refractivity contribution is 5.18. The lowest BCUT2D eigenvalue weighted by Gasteiger charge is -2.32. The van der Waals surface area contributed by atoms with Crippen molar-refractivity contribution in [1.82, 2.24) is 10.2 Å². The molecule has 0 bridgehead atoms. The van der Waals surface area contributed by atoms with Crippen LogP contribution < -0.4 is 5.32 Å². The lowest BCUT2D eigenvalue weighted by atomic mass is 10.0. The van der Waals surface area contributed by atoms with Gasteiger partial charge in [0.05, 0.1) is 0 Å². The number of hydrogen-bond donors (Lipinski definition) is 1. The first-order chi connectivity index (χ1) is 8.70. The molecule has 1 aliphatic rings. The van der Waals surface area contributed by atoms with Crippen LogP contribution in [0.15, 0.2) is 18.2 Å². The number of nitrogens with one attached hydrogen (secondary N) is 1. The van der Waals surface area contributed by atoms with Crippen LogP contribution in [0, 0.1) is 11.6 Å². The summed E-state index contributed by atoms with van der Waals surface area (Å²) >= 11 is 0. The summed E-state index contributed by atoms with van der Waals surface area (Å²) in [6, 6.07) is 4.97. The summed E-state index contributed by atoms with van der Waals surface area (Å²) in [7, 11) is 0. The zero-order chi connectivity index (χ0) is 13.0. The van der Waals surface area contributed by atoms with Gasteiger partial charge in [-0.15, -0.1) is 0 Å². The molecule has 0 saturated carbocycles. The van der Waals surface area contributed by atoms with Gasteiger partial charge in [-0.05, 0) is 38.5 Å². The number of benzene rings is 1. The number of likely N-dealkylation sites (tertiary alicyclic amines) is 1. The van der Waals surface area contributed by atoms with Gasteiger partial charge in [0, 0.05) is 18.2 Å². The van der Waals surface area contributed by atoms with Crippen molar-refractivity contribution in [2.24, 2.45) is 0 Å². The Morgan fingerprint density at radius 3 is 2.67 bits per heavy atom. The third-order valence-electron chi connectivity index (χ3n) is 3.51. The molecule has 1 fully saturated rings. The van der Waals surface area contributed by atoms with E-state index < -0.39 is 11.6 Å². The maximum absolute atomic E-state index is 13.5. The van der Waals surface area contributed by atoms with Crippen LogP contribution in [0.4, 0.5) is 8.78 Å². The molecule has 0 aliphatic carbocycles. The van der Waals surface area contributed by atoms with Crippen molar-refractivity contribution in [1.29, 1.82) is 0 Å². The second-order valence-corrected chi connectivity index (χ2v) is 4.82. The van der Waals surface area contributed by atoms with Gasteiger partial charge in [-0.3, -0.25) is 4.90 Å². The molecule has 4 heteroatoms. The van der Waals surface area contributed by atoms with Crippen LogP contribution in [-0.4, -0.2) is 30.6 Å². The fraction of sp³-hybridized carbons (Fsp3) is 0.571. The third kappa shape index (κ3) is 3.27. The van der Waals surface area contributed by atoms with Crippen molar-refractivity contribution in [3.63, 3.8) is 0 Å². The molecule has 1 aliphatic heterocycles. The van der Waals surface area contributed by atoms with Crippen LogP contribution in [0.2, 0.25) is 0 Å². The zero-order valence-corrected chi connectivity index (χ0v) is 10.8. The van der Waals surface area contributed by atoms with Crippen LogP contribution in [0.5, 0.6) is 0 Å². The van der Waals surface area contributed by atoms with Crippen molar-refractivity contribution in [2.75, 3.05) is 19.6 Å². The van der Waals surface area contributed by atoms with Crippen molar-refractivity contribution in [3.05, 3.63) is 35.4 Å². The van der Waals surface area contributed by atoms with Gasteiger partial charge in [0.2, 0.25) is 0 Å². The second kappa shape index (κ2) is 6.25. The summed E-state index contributed by atoms with van der Waals surface area (Å²) in [6.07, 6.45) is 2.15. The SMILES string of the molecule is CCNC1CCN(Cc2cccc(F)c2F)CC1. The summed E-state index contributed by atoms with van der Waals surface area (Å²) in [4.78, 5) is 2.19. The maximum Gasteiger partial charge on any atom is 0.163 e. The van der Waals surface area contributed by atoms with Crippen LogP contribution in [0.25, 0.3) is 0 Å². The normalized spacial score (nSPS) is 18.2. The molecule has 1 heterocycles. The second-order valence-electron chi connectivity index (χ2n) is 4.82. The van der Waals surface area contributed by atoms with Crippen LogP contribution in [0.1, 0.15) is 25.3 Å². The standard InChI is InChI=1S/C14H20F2N2/c1-2-17-12-6-8-18(9-7-12)10-11-4-3-5-13(15)14(11)16/h3-5,12,17H,2,6-10H2,1H3. The van der Waals surface area contributed by atoms with E-state index in [1.54, 1.807) is 12.1 Å². The van der Waals surface area contributed by atoms with Gasteiger partial charge in [-0.1, -0.05) is 19.1 Å². The molecular formula is C14H20F2N2. The van der Waals surface area contributed by atoms with Crippen LogP contribution >= 0.6 is 0 Å². The molecule has 2 nitrogen and oxygen atoms in total. The Bertz CT molecular complexity index is 387. The molecule has 1 saturated heterocycles. The lowest BCUT2D eigenvalue weighted by Crippen LogP contribution is -2.42. The molecule has 100 valence electrons. The summed E-state index contributed by atoms with van der Waals surface area (Å²) < 4.78 is 26.6. The number of rotatable bonds is 4. The minimum atomic E-state index is -0.755. The highest BCUT2D eigenvalue weighted by Gasteiger charge is 2.19. The van der Waals surface area contributed by atoms with E-state index in [2.05, 4.69) is 17.1 Å². The molecular weight excluding hydrogens is 234 g/mol. The smallest absolute Gasteiger partial charge is 0.163 e. The Labute approximate surface area is 107 Å². The fourth-order valence-electron chi connectivity index (χ4n) is 2.50. The third-order valence-corrected chi connectivity index (χ3v) is 3.51. The number of nitrogens with zero attached hydrogens (tertiary/aromatic N) is 1. The average Bonchev–Trinajstić information content (AvgIpc) is 2.38. The number of hydrogen-bond acceptors (Lipinski definition) is 2. The molecule has 0 atom stereocenters. The Kier molecular flexibility index (Phi) is 4.66. The molecule has 2 rings (SSSR count). The summed E-state index contributed by atoms with van der Waals surface area (Å²) in [5, 5.41) is 3.43. The lowest BCUT2D eigenvalue weighted by molar-refractivity contribution is 0.189. The van der Waals surface area contributed by atoms with Gasteiger partial charge in [0.1, 0.15) is 0 Å². The molecule has 0 amide bonds. The van der Waals surface area contributed by atoms with Gasteiger partial charge >= 0.3 is 0 Å². The maximum atomic E-state index is 13.5. The predicted molar refractivity (Wildman–Crippen MR) is 68.3 cm³/mol. The van der Waals surface area contributed by atoms with Gasteiger partial charge in [-0.25, -0.2) is 8.78 Å². The van der Waals surface area contributed by atoms with Crippen molar-refractivity contribution >= 4 is 0 Å². The summed E-state index contributed by atoms with van der Waals surface area (Å²) in [5.41, 5.74) is 0.455. The quantitative estimate of drug-likeness (QED) is 0.888. The molecule has 1 N–H and O–H groups in total. The highest BCUT2D eigenvalue weighted by Crippen LogP contribution is 2.17. The van der Waals surface area contributed by atoms with Crippen molar-refractivity contribution in [2.45, 2.75) is 32.4 Å². The zero-order valence-electron chi connectivity index (χ0n) is 10.8. The first-order valence-electron chi connectivity index (χ1n) is 6.59. The number of piperidine rings is 1. The Morgan fingerprint density at radius 1 is 1.28 bits per heavy atom. The fourth-order valence-corrected chi connectivity index (χ4v) is 2.50. The molecule has 0 unspecified atom stereocenters. The van der Waals surface area contributed by atoms with Crippen molar-refractivity contribution in [3.8, 4) is 0 Å². The monoisotopic (exact) mass is 254 g/mol. The molecule has 1 aromatic carbocycles. The summed E-state index contributed by atoms with van der Waals surface area (Å²) in [6.45, 7) is 5.47. The predicted octanol–water partition coefficient (Wildman–Crippen LogP) is 2.54. The first-order valence-corrected chi connectivity index (χ1v) is 6.59. The molecule has 0 spiro atoms. The van der Waals surface area contributed by atoms with E-state index in [1.165, 1.54) is 0 Å². The average molecular weight is 254 g/mol. The Hall–Kier alpha value is -1.00. The van der Waals surface area contributed by atoms with E-state index in [9.17, 15) is 8.78 Å². The van der Waals surface area contributed by atoms with E-state index in [-0.39, 0.29) is 0 Å². The molecule has 1 aromatic rings. The minimum Gasteiger partial charge on any atom is -0.314 e. The highest BCUT2D eigenvalue weighted by atomic mass is 19.2. The Morgan fingerprint density at radius 2 is 2.00 bits per heavy atom. The number of halogens is 2. The van der Waals surface area contributed by atoms with Gasteiger partial charge < -0.3 is 5.32 Å². The van der Waals surface area contributed by atoms with Gasteiger partial charge in [0.25, 0.3) is 0 Å². The topological polar surface area (TPSA) is 15.3 Å². The van der Waals surface area contributed by atoms with E-state index >= 15 is 0 Å². The van der Waals surface area contributed by atoms with E-state index in [4.69, 9.17) is 0 Å². The minimum absolute atomic E-state index is 0.455. The first kappa shape index (κ1) is 13.4. The Balaban J connectivity index is 1.90. The van der Waals surface area contributed by atoms with E-state index in [1.807, 2.05) is 0 Å². The molecule has 0 radical (unpaired) electrons. The summed E-state index contributed by atoms with van der Waals surface area (Å²) in [5.74, 6) is -1.46. The van der Waals surface area contributed by atoms with Crippen LogP contribution in [-0.2, 0) is 6.54 Å². The largest absolute Gasteiger partial charge is 0.314 e. The van der Waals surface area contributed by atoms with Crippen LogP contribution in [0.3, 0.4) is 0 Å². The van der Waals surface area contributed by atoms with Crippen molar-refractivity contribution < 1.29 is 8.78 Å². The molecule has 0 aromatic heterocycles. The van der Waals surface area contributed by atoms with Gasteiger partial charge in [0.15, 0.2) is 11.6 Å². The van der Waals surface area contributed by atoms with Gasteiger partial charge in [-0.2, -0.15) is 0 Å². The van der Waals surface area contributed by atoms with E-state index in [0.717, 1.165) is 38.5 Å².